The summed E-state index contributed by atoms with van der Waals surface area (Å²) in [7, 11) is 0. The molecule has 1 saturated carbocycles. The Morgan fingerprint density at radius 2 is 1.60 bits per heavy atom. The normalized spacial score (nSPS) is 23.8. The summed E-state index contributed by atoms with van der Waals surface area (Å²) in [6.07, 6.45) is 3.79. The zero-order valence-corrected chi connectivity index (χ0v) is 15.8. The first-order valence-corrected chi connectivity index (χ1v) is 9.01. The minimum atomic E-state index is -0.00143. The maximum Gasteiger partial charge on any atom is 0.253 e. The third-order valence-corrected chi connectivity index (χ3v) is 5.29. The molecule has 2 fully saturated rings. The van der Waals surface area contributed by atoms with Crippen molar-refractivity contribution in [3.05, 3.63) is 34.9 Å². The van der Waals surface area contributed by atoms with E-state index in [0.29, 0.717) is 36.8 Å². The highest BCUT2D eigenvalue weighted by Gasteiger charge is 2.31. The van der Waals surface area contributed by atoms with Gasteiger partial charge in [-0.3, -0.25) is 9.59 Å². The number of rotatable bonds is 2. The minimum absolute atomic E-state index is 0. The Balaban J connectivity index is 0.00000225. The second kappa shape index (κ2) is 8.88. The van der Waals surface area contributed by atoms with E-state index in [1.807, 2.05) is 4.90 Å². The molecule has 2 atom stereocenters. The summed E-state index contributed by atoms with van der Waals surface area (Å²) >= 11 is 5.86. The molecular weight excluding hydrogens is 361 g/mol. The zero-order valence-electron chi connectivity index (χ0n) is 14.2. The third-order valence-electron chi connectivity index (χ3n) is 5.03. The van der Waals surface area contributed by atoms with Gasteiger partial charge in [-0.15, -0.1) is 12.4 Å². The number of nitrogens with two attached hydrogens (primary N) is 1. The molecular formula is C18H25Cl2N3O2. The molecule has 2 N–H and O–H groups in total. The number of halogens is 2. The van der Waals surface area contributed by atoms with Crippen molar-refractivity contribution < 1.29 is 9.59 Å². The first-order chi connectivity index (χ1) is 11.5. The van der Waals surface area contributed by atoms with E-state index in [4.69, 9.17) is 17.3 Å². The van der Waals surface area contributed by atoms with Crippen LogP contribution in [0.15, 0.2) is 24.3 Å². The van der Waals surface area contributed by atoms with Gasteiger partial charge in [-0.05, 0) is 43.5 Å². The quantitative estimate of drug-likeness (QED) is 0.850. The average Bonchev–Trinajstić information content (AvgIpc) is 2.61. The SMILES string of the molecule is Cl.NC1CCCC(C(=O)N2CCN(C(=O)c3ccc(Cl)cc3)CC2)C1. The number of nitrogens with zero attached hydrogens (tertiary/aromatic N) is 2. The Kier molecular flexibility index (Phi) is 7.11. The lowest BCUT2D eigenvalue weighted by molar-refractivity contribution is -0.138. The van der Waals surface area contributed by atoms with Crippen molar-refractivity contribution in [2.45, 2.75) is 31.7 Å². The first kappa shape index (κ1) is 20.0. The van der Waals surface area contributed by atoms with E-state index in [-0.39, 0.29) is 36.2 Å². The fourth-order valence-electron chi connectivity index (χ4n) is 3.62. The predicted molar refractivity (Wildman–Crippen MR) is 101 cm³/mol. The summed E-state index contributed by atoms with van der Waals surface area (Å²) in [6, 6.07) is 7.08. The molecule has 0 radical (unpaired) electrons. The molecule has 25 heavy (non-hydrogen) atoms. The molecule has 0 spiro atoms. The molecule has 2 unspecified atom stereocenters. The number of amides is 2. The third kappa shape index (κ3) is 4.87. The number of hydrogen-bond donors (Lipinski definition) is 1. The molecule has 5 nitrogen and oxygen atoms in total. The van der Waals surface area contributed by atoms with E-state index in [1.165, 1.54) is 0 Å². The van der Waals surface area contributed by atoms with E-state index in [1.54, 1.807) is 29.2 Å². The van der Waals surface area contributed by atoms with Crippen molar-refractivity contribution in [2.24, 2.45) is 11.7 Å². The average molecular weight is 386 g/mol. The molecule has 1 aromatic carbocycles. The van der Waals surface area contributed by atoms with Crippen LogP contribution in [-0.4, -0.2) is 53.8 Å². The smallest absolute Gasteiger partial charge is 0.253 e. The van der Waals surface area contributed by atoms with Crippen molar-refractivity contribution in [1.82, 2.24) is 9.80 Å². The van der Waals surface area contributed by atoms with E-state index >= 15 is 0 Å². The fourth-order valence-corrected chi connectivity index (χ4v) is 3.74. The molecule has 2 aliphatic rings. The Morgan fingerprint density at radius 1 is 1.00 bits per heavy atom. The van der Waals surface area contributed by atoms with E-state index in [9.17, 15) is 9.59 Å². The highest BCUT2D eigenvalue weighted by molar-refractivity contribution is 6.30. The lowest BCUT2D eigenvalue weighted by Crippen LogP contribution is -2.52. The van der Waals surface area contributed by atoms with Gasteiger partial charge in [0.25, 0.3) is 5.91 Å². The standard InChI is InChI=1S/C18H24ClN3O2.ClH/c19-15-6-4-13(5-7-15)17(23)21-8-10-22(11-9-21)18(24)14-2-1-3-16(20)12-14;/h4-7,14,16H,1-3,8-12,20H2;1H. The van der Waals surface area contributed by atoms with Gasteiger partial charge in [-0.2, -0.15) is 0 Å². The molecule has 1 heterocycles. The van der Waals surface area contributed by atoms with Gasteiger partial charge < -0.3 is 15.5 Å². The van der Waals surface area contributed by atoms with Crippen LogP contribution >= 0.6 is 24.0 Å². The lowest BCUT2D eigenvalue weighted by atomic mass is 9.85. The van der Waals surface area contributed by atoms with Crippen LogP contribution in [0.2, 0.25) is 5.02 Å². The maximum absolute atomic E-state index is 12.6. The van der Waals surface area contributed by atoms with Gasteiger partial charge in [0.2, 0.25) is 5.91 Å². The van der Waals surface area contributed by atoms with Crippen molar-refractivity contribution in [3.8, 4) is 0 Å². The van der Waals surface area contributed by atoms with Crippen LogP contribution in [0.4, 0.5) is 0 Å². The molecule has 2 amide bonds. The molecule has 0 bridgehead atoms. The highest BCUT2D eigenvalue weighted by atomic mass is 35.5. The largest absolute Gasteiger partial charge is 0.339 e. The number of carbonyl (C=O) groups is 2. The Bertz CT molecular complexity index is 601. The Hall–Kier alpha value is -1.30. The summed E-state index contributed by atoms with van der Waals surface area (Å²) in [5.74, 6) is 0.273. The van der Waals surface area contributed by atoms with Gasteiger partial charge in [0.05, 0.1) is 0 Å². The molecule has 1 aliphatic heterocycles. The van der Waals surface area contributed by atoms with Gasteiger partial charge in [-0.1, -0.05) is 18.0 Å². The second-order valence-electron chi connectivity index (χ2n) is 6.75. The molecule has 7 heteroatoms. The van der Waals surface area contributed by atoms with Crippen molar-refractivity contribution in [3.63, 3.8) is 0 Å². The number of piperazine rings is 1. The van der Waals surface area contributed by atoms with Crippen LogP contribution in [0.25, 0.3) is 0 Å². The van der Waals surface area contributed by atoms with Crippen LogP contribution in [-0.2, 0) is 4.79 Å². The van der Waals surface area contributed by atoms with E-state index < -0.39 is 0 Å². The van der Waals surface area contributed by atoms with Crippen LogP contribution in [0.3, 0.4) is 0 Å². The second-order valence-corrected chi connectivity index (χ2v) is 7.18. The van der Waals surface area contributed by atoms with Crippen molar-refractivity contribution in [2.75, 3.05) is 26.2 Å². The highest BCUT2D eigenvalue weighted by Crippen LogP contribution is 2.25. The topological polar surface area (TPSA) is 66.6 Å². The van der Waals surface area contributed by atoms with Crippen LogP contribution < -0.4 is 5.73 Å². The molecule has 1 saturated heterocycles. The van der Waals surface area contributed by atoms with Crippen LogP contribution in [0, 0.1) is 5.92 Å². The summed E-state index contributed by atoms with van der Waals surface area (Å²) in [4.78, 5) is 28.8. The first-order valence-electron chi connectivity index (χ1n) is 8.64. The number of benzene rings is 1. The Labute approximate surface area is 159 Å². The molecule has 138 valence electrons. The lowest BCUT2D eigenvalue weighted by Gasteiger charge is -2.37. The van der Waals surface area contributed by atoms with E-state index in [0.717, 1.165) is 25.7 Å². The predicted octanol–water partition coefficient (Wildman–Crippen LogP) is 2.56. The summed E-state index contributed by atoms with van der Waals surface area (Å²) in [6.45, 7) is 2.35. The van der Waals surface area contributed by atoms with Gasteiger partial charge in [0.1, 0.15) is 0 Å². The number of hydrogen-bond acceptors (Lipinski definition) is 3. The van der Waals surface area contributed by atoms with Crippen LogP contribution in [0.5, 0.6) is 0 Å². The zero-order chi connectivity index (χ0) is 17.1. The van der Waals surface area contributed by atoms with Gasteiger partial charge in [0.15, 0.2) is 0 Å². The maximum atomic E-state index is 12.6. The minimum Gasteiger partial charge on any atom is -0.339 e. The number of carbonyl (C=O) groups excluding carboxylic acids is 2. The van der Waals surface area contributed by atoms with Gasteiger partial charge in [0, 0.05) is 48.7 Å². The van der Waals surface area contributed by atoms with Crippen molar-refractivity contribution in [1.29, 1.82) is 0 Å². The van der Waals surface area contributed by atoms with Gasteiger partial charge in [-0.25, -0.2) is 0 Å². The Morgan fingerprint density at radius 3 is 2.20 bits per heavy atom. The van der Waals surface area contributed by atoms with Crippen LogP contribution in [0.1, 0.15) is 36.0 Å². The molecule has 1 aromatic rings. The van der Waals surface area contributed by atoms with E-state index in [2.05, 4.69) is 0 Å². The van der Waals surface area contributed by atoms with Crippen molar-refractivity contribution >= 4 is 35.8 Å². The molecule has 0 aromatic heterocycles. The summed E-state index contributed by atoms with van der Waals surface area (Å²) in [5, 5.41) is 0.618. The monoisotopic (exact) mass is 385 g/mol. The fraction of sp³-hybridized carbons (Fsp3) is 0.556. The molecule has 1 aliphatic carbocycles. The summed E-state index contributed by atoms with van der Waals surface area (Å²) in [5.41, 5.74) is 6.63. The molecule has 3 rings (SSSR count). The summed E-state index contributed by atoms with van der Waals surface area (Å²) < 4.78 is 0. The van der Waals surface area contributed by atoms with Gasteiger partial charge >= 0.3 is 0 Å².